The van der Waals surface area contributed by atoms with E-state index in [1.807, 2.05) is 24.3 Å². The normalized spacial score (nSPS) is 10.2. The molecule has 0 spiro atoms. The van der Waals surface area contributed by atoms with Crippen molar-refractivity contribution in [2.45, 2.75) is 6.92 Å². The molecule has 0 aliphatic carbocycles. The Labute approximate surface area is 132 Å². The Bertz CT molecular complexity index is 788. The van der Waals surface area contributed by atoms with Crippen LogP contribution in [-0.4, -0.2) is 0 Å². The van der Waals surface area contributed by atoms with Gasteiger partial charge in [0.2, 0.25) is 0 Å². The van der Waals surface area contributed by atoms with Crippen molar-refractivity contribution in [1.82, 2.24) is 0 Å². The summed E-state index contributed by atoms with van der Waals surface area (Å²) >= 11 is 0. The van der Waals surface area contributed by atoms with Crippen molar-refractivity contribution in [3.05, 3.63) is 90.5 Å². The van der Waals surface area contributed by atoms with Crippen molar-refractivity contribution >= 4 is 17.5 Å². The van der Waals surface area contributed by atoms with Crippen molar-refractivity contribution < 1.29 is 0 Å². The quantitative estimate of drug-likeness (QED) is 0.615. The number of anilines is 2. The van der Waals surface area contributed by atoms with Gasteiger partial charge in [0.25, 0.3) is 0 Å². The molecule has 3 aromatic carbocycles. The van der Waals surface area contributed by atoms with Crippen molar-refractivity contribution in [2.75, 3.05) is 5.32 Å². The van der Waals surface area contributed by atoms with Gasteiger partial charge in [0, 0.05) is 11.4 Å². The third kappa shape index (κ3) is 2.94. The Balaban J connectivity index is 2.04. The molecule has 0 radical (unpaired) electrons. The van der Waals surface area contributed by atoms with Gasteiger partial charge in [-0.05, 0) is 53.4 Å². The topological polar surface area (TPSA) is 12.0 Å². The Morgan fingerprint density at radius 2 is 1.50 bits per heavy atom. The summed E-state index contributed by atoms with van der Waals surface area (Å²) in [7, 11) is 0. The van der Waals surface area contributed by atoms with E-state index in [9.17, 15) is 0 Å². The first-order valence-electron chi connectivity index (χ1n) is 7.42. The number of hydrogen-bond acceptors (Lipinski definition) is 1. The number of rotatable bonds is 4. The number of benzene rings is 3. The van der Waals surface area contributed by atoms with E-state index in [0.717, 1.165) is 16.9 Å². The average Bonchev–Trinajstić information content (AvgIpc) is 2.56. The first kappa shape index (κ1) is 14.2. The smallest absolute Gasteiger partial charge is 0.0390 e. The van der Waals surface area contributed by atoms with Crippen molar-refractivity contribution in [3.8, 4) is 11.1 Å². The molecule has 1 nitrogen and oxygen atoms in total. The highest BCUT2D eigenvalue weighted by Gasteiger charge is 2.07. The first-order valence-corrected chi connectivity index (χ1v) is 7.42. The van der Waals surface area contributed by atoms with Gasteiger partial charge in [0.15, 0.2) is 0 Å². The Morgan fingerprint density at radius 3 is 2.23 bits per heavy atom. The Morgan fingerprint density at radius 1 is 0.773 bits per heavy atom. The van der Waals surface area contributed by atoms with Crippen molar-refractivity contribution in [1.29, 1.82) is 0 Å². The minimum Gasteiger partial charge on any atom is -0.356 e. The fourth-order valence-corrected chi connectivity index (χ4v) is 2.61. The third-order valence-corrected chi connectivity index (χ3v) is 3.77. The second kappa shape index (κ2) is 6.31. The van der Waals surface area contributed by atoms with Gasteiger partial charge in [-0.1, -0.05) is 61.2 Å². The lowest BCUT2D eigenvalue weighted by Gasteiger charge is -2.13. The predicted octanol–water partition coefficient (Wildman–Crippen LogP) is 6.05. The van der Waals surface area contributed by atoms with Crippen LogP contribution >= 0.6 is 0 Å². The van der Waals surface area contributed by atoms with Crippen LogP contribution in [0.2, 0.25) is 0 Å². The highest BCUT2D eigenvalue weighted by atomic mass is 14.9. The molecule has 0 amide bonds. The molecule has 3 aromatic rings. The largest absolute Gasteiger partial charge is 0.356 e. The van der Waals surface area contributed by atoms with Gasteiger partial charge in [0.1, 0.15) is 0 Å². The van der Waals surface area contributed by atoms with Crippen LogP contribution in [-0.2, 0) is 0 Å². The van der Waals surface area contributed by atoms with Gasteiger partial charge in [-0.25, -0.2) is 0 Å². The first-order chi connectivity index (χ1) is 10.8. The zero-order valence-electron chi connectivity index (χ0n) is 12.7. The van der Waals surface area contributed by atoms with E-state index in [1.54, 1.807) is 0 Å². The van der Waals surface area contributed by atoms with E-state index in [2.05, 4.69) is 73.4 Å². The number of aryl methyl sites for hydroxylation is 1. The summed E-state index contributed by atoms with van der Waals surface area (Å²) < 4.78 is 0. The number of para-hydroxylation sites is 1. The summed E-state index contributed by atoms with van der Waals surface area (Å²) in [5, 5.41) is 3.45. The fourth-order valence-electron chi connectivity index (χ4n) is 2.61. The molecule has 0 saturated carbocycles. The lowest BCUT2D eigenvalue weighted by Crippen LogP contribution is -1.93. The molecule has 0 aliphatic heterocycles. The summed E-state index contributed by atoms with van der Waals surface area (Å²) in [4.78, 5) is 0. The highest BCUT2D eigenvalue weighted by molar-refractivity contribution is 5.80. The molecule has 0 aromatic heterocycles. The second-order valence-electron chi connectivity index (χ2n) is 5.31. The van der Waals surface area contributed by atoms with Crippen LogP contribution in [0, 0.1) is 6.92 Å². The van der Waals surface area contributed by atoms with Crippen LogP contribution in [0.1, 0.15) is 11.1 Å². The second-order valence-corrected chi connectivity index (χ2v) is 5.31. The van der Waals surface area contributed by atoms with E-state index in [4.69, 9.17) is 0 Å². The number of hydrogen-bond donors (Lipinski definition) is 1. The Hall–Kier alpha value is -2.80. The summed E-state index contributed by atoms with van der Waals surface area (Å²) in [5.41, 5.74) is 7.03. The molecule has 0 fully saturated rings. The maximum absolute atomic E-state index is 3.94. The lowest BCUT2D eigenvalue weighted by molar-refractivity contribution is 1.45. The minimum absolute atomic E-state index is 1.08. The van der Waals surface area contributed by atoms with E-state index in [-0.39, 0.29) is 0 Å². The van der Waals surface area contributed by atoms with Gasteiger partial charge in [0.05, 0.1) is 0 Å². The molecular weight excluding hydrogens is 266 g/mol. The standard InChI is InChI=1S/C21H19N/c1-3-17-13-14-19(22-18-10-5-4-6-11-18)15-21(17)20-12-8-7-9-16(20)2/h3-15,22H,1H2,2H3. The van der Waals surface area contributed by atoms with Gasteiger partial charge in [-0.15, -0.1) is 0 Å². The molecule has 1 N–H and O–H groups in total. The molecule has 0 aliphatic rings. The minimum atomic E-state index is 1.08. The van der Waals surface area contributed by atoms with E-state index in [1.165, 1.54) is 16.7 Å². The van der Waals surface area contributed by atoms with E-state index in [0.29, 0.717) is 0 Å². The molecule has 3 rings (SSSR count). The van der Waals surface area contributed by atoms with E-state index < -0.39 is 0 Å². The van der Waals surface area contributed by atoms with Crippen molar-refractivity contribution in [3.63, 3.8) is 0 Å². The third-order valence-electron chi connectivity index (χ3n) is 3.77. The zero-order valence-corrected chi connectivity index (χ0v) is 12.7. The van der Waals surface area contributed by atoms with E-state index >= 15 is 0 Å². The maximum atomic E-state index is 3.94. The SMILES string of the molecule is C=Cc1ccc(Nc2ccccc2)cc1-c1ccccc1C. The Kier molecular flexibility index (Phi) is 4.06. The molecule has 0 saturated heterocycles. The van der Waals surface area contributed by atoms with Crippen LogP contribution < -0.4 is 5.32 Å². The molecular formula is C21H19N. The van der Waals surface area contributed by atoms with Crippen LogP contribution in [0.15, 0.2) is 79.4 Å². The lowest BCUT2D eigenvalue weighted by atomic mass is 9.95. The summed E-state index contributed by atoms with van der Waals surface area (Å²) in [6.45, 7) is 6.08. The van der Waals surface area contributed by atoms with Gasteiger partial charge >= 0.3 is 0 Å². The van der Waals surface area contributed by atoms with Crippen LogP contribution in [0.3, 0.4) is 0 Å². The molecule has 108 valence electrons. The summed E-state index contributed by atoms with van der Waals surface area (Å²) in [5.74, 6) is 0. The summed E-state index contributed by atoms with van der Waals surface area (Å²) in [6, 6.07) is 25.0. The average molecular weight is 285 g/mol. The van der Waals surface area contributed by atoms with Gasteiger partial charge < -0.3 is 5.32 Å². The van der Waals surface area contributed by atoms with Crippen LogP contribution in [0.25, 0.3) is 17.2 Å². The van der Waals surface area contributed by atoms with Gasteiger partial charge in [-0.2, -0.15) is 0 Å². The maximum Gasteiger partial charge on any atom is 0.0390 e. The molecule has 1 heteroatoms. The molecule has 0 heterocycles. The summed E-state index contributed by atoms with van der Waals surface area (Å²) in [6.07, 6.45) is 1.91. The number of nitrogens with one attached hydrogen (secondary N) is 1. The van der Waals surface area contributed by atoms with Gasteiger partial charge in [-0.3, -0.25) is 0 Å². The fraction of sp³-hybridized carbons (Fsp3) is 0.0476. The molecule has 22 heavy (non-hydrogen) atoms. The highest BCUT2D eigenvalue weighted by Crippen LogP contribution is 2.31. The predicted molar refractivity (Wildman–Crippen MR) is 96.4 cm³/mol. The van der Waals surface area contributed by atoms with Crippen molar-refractivity contribution in [2.24, 2.45) is 0 Å². The van der Waals surface area contributed by atoms with Crippen LogP contribution in [0.5, 0.6) is 0 Å². The van der Waals surface area contributed by atoms with Crippen LogP contribution in [0.4, 0.5) is 11.4 Å². The molecule has 0 unspecified atom stereocenters. The molecule has 0 atom stereocenters. The monoisotopic (exact) mass is 285 g/mol. The zero-order chi connectivity index (χ0) is 15.4. The molecule has 0 bridgehead atoms.